The molecule has 1 unspecified atom stereocenters. The zero-order valence-corrected chi connectivity index (χ0v) is 12.4. The number of nitrogens with one attached hydrogen (secondary N) is 2. The van der Waals surface area contributed by atoms with Gasteiger partial charge in [-0.05, 0) is 20.8 Å². The topological polar surface area (TPSA) is 59.8 Å². The smallest absolute Gasteiger partial charge is 0.414 e. The quantitative estimate of drug-likeness (QED) is 0.805. The maximum absolute atomic E-state index is 11.7. The van der Waals surface area contributed by atoms with E-state index in [0.29, 0.717) is 0 Å². The zero-order valence-electron chi connectivity index (χ0n) is 12.4. The van der Waals surface area contributed by atoms with Gasteiger partial charge in [-0.3, -0.25) is 10.1 Å². The Morgan fingerprint density at radius 1 is 1.30 bits per heavy atom. The Hall–Kier alpha value is -1.88. The Labute approximate surface area is 119 Å². The molecule has 0 aliphatic rings. The summed E-state index contributed by atoms with van der Waals surface area (Å²) in [5, 5.41) is 2.22. The molecule has 5 heteroatoms. The monoisotopic (exact) mass is 279 g/mol. The Kier molecular flexibility index (Phi) is 6.73. The molecule has 110 valence electrons. The number of amides is 2. The second-order valence-electron chi connectivity index (χ2n) is 4.71. The van der Waals surface area contributed by atoms with E-state index < -0.39 is 6.09 Å². The van der Waals surface area contributed by atoms with E-state index in [2.05, 4.69) is 16.1 Å². The summed E-state index contributed by atoms with van der Waals surface area (Å²) in [6.45, 7) is 7.84. The van der Waals surface area contributed by atoms with Gasteiger partial charge in [0.05, 0.1) is 13.2 Å². The zero-order chi connectivity index (χ0) is 15.0. The van der Waals surface area contributed by atoms with Crippen LogP contribution in [0.15, 0.2) is 24.3 Å². The summed E-state index contributed by atoms with van der Waals surface area (Å²) in [5.74, 6) is -0.312. The molecule has 1 rings (SSSR count). The maximum Gasteiger partial charge on any atom is 0.414 e. The first-order valence-electron chi connectivity index (χ1n) is 6.90. The van der Waals surface area contributed by atoms with Crippen molar-refractivity contribution in [1.82, 2.24) is 5.32 Å². The van der Waals surface area contributed by atoms with Crippen LogP contribution in [0.25, 0.3) is 0 Å². The van der Waals surface area contributed by atoms with Crippen LogP contribution in [-0.2, 0) is 16.1 Å². The van der Waals surface area contributed by atoms with Gasteiger partial charge in [-0.15, -0.1) is 0 Å². The highest BCUT2D eigenvalue weighted by molar-refractivity contribution is 5.92. The largest absolute Gasteiger partial charge is 0.450 e. The number of ether oxygens (including phenoxy) is 1. The van der Waals surface area contributed by atoms with Crippen molar-refractivity contribution in [2.45, 2.75) is 27.3 Å². The first-order chi connectivity index (χ1) is 9.55. The van der Waals surface area contributed by atoms with Gasteiger partial charge in [-0.1, -0.05) is 29.8 Å². The van der Waals surface area contributed by atoms with Gasteiger partial charge in [-0.2, -0.15) is 0 Å². The SMILES string of the molecule is CCOC(=O)NC(=O)C[NH+](CC)Cc1cccc(C)c1. The van der Waals surface area contributed by atoms with Crippen LogP contribution in [0.2, 0.25) is 0 Å². The van der Waals surface area contributed by atoms with Gasteiger partial charge in [-0.25, -0.2) is 4.79 Å². The number of imide groups is 1. The van der Waals surface area contributed by atoms with Crippen LogP contribution in [0.4, 0.5) is 4.79 Å². The minimum atomic E-state index is -0.677. The van der Waals surface area contributed by atoms with E-state index in [1.807, 2.05) is 32.0 Å². The molecule has 0 saturated heterocycles. The lowest BCUT2D eigenvalue weighted by Gasteiger charge is -2.17. The Balaban J connectivity index is 2.50. The van der Waals surface area contributed by atoms with Crippen molar-refractivity contribution in [3.8, 4) is 0 Å². The normalized spacial score (nSPS) is 11.8. The number of hydrogen-bond acceptors (Lipinski definition) is 3. The summed E-state index contributed by atoms with van der Waals surface area (Å²) >= 11 is 0. The molecule has 2 amide bonds. The third-order valence-corrected chi connectivity index (χ3v) is 2.96. The number of carbonyl (C=O) groups excluding carboxylic acids is 2. The second-order valence-corrected chi connectivity index (χ2v) is 4.71. The Morgan fingerprint density at radius 3 is 2.65 bits per heavy atom. The fourth-order valence-corrected chi connectivity index (χ4v) is 1.98. The number of carbonyl (C=O) groups is 2. The van der Waals surface area contributed by atoms with Crippen molar-refractivity contribution in [3.05, 3.63) is 35.4 Å². The van der Waals surface area contributed by atoms with Gasteiger partial charge in [0.25, 0.3) is 5.91 Å². The Bertz CT molecular complexity index is 460. The predicted octanol–water partition coefficient (Wildman–Crippen LogP) is 0.673. The second kappa shape index (κ2) is 8.32. The molecule has 0 heterocycles. The molecule has 1 aromatic rings. The van der Waals surface area contributed by atoms with Crippen molar-refractivity contribution < 1.29 is 19.2 Å². The average molecular weight is 279 g/mol. The summed E-state index contributed by atoms with van der Waals surface area (Å²) in [6, 6.07) is 8.21. The van der Waals surface area contributed by atoms with Crippen LogP contribution in [-0.4, -0.2) is 31.7 Å². The number of likely N-dealkylation sites (N-methyl/N-ethyl adjacent to an activating group) is 1. The summed E-state index contributed by atoms with van der Waals surface area (Å²) in [4.78, 5) is 24.0. The van der Waals surface area contributed by atoms with E-state index in [0.717, 1.165) is 18.0 Å². The molecule has 0 fully saturated rings. The van der Waals surface area contributed by atoms with Crippen LogP contribution in [0.3, 0.4) is 0 Å². The van der Waals surface area contributed by atoms with Crippen LogP contribution in [0.1, 0.15) is 25.0 Å². The number of rotatable bonds is 6. The van der Waals surface area contributed by atoms with Gasteiger partial charge in [0.1, 0.15) is 6.54 Å². The van der Waals surface area contributed by atoms with Gasteiger partial charge in [0.15, 0.2) is 6.54 Å². The molecule has 0 aliphatic carbocycles. The fourth-order valence-electron chi connectivity index (χ4n) is 1.98. The minimum Gasteiger partial charge on any atom is -0.450 e. The number of hydrogen-bond donors (Lipinski definition) is 2. The van der Waals surface area contributed by atoms with Gasteiger partial charge in [0.2, 0.25) is 0 Å². The molecule has 5 nitrogen and oxygen atoms in total. The molecule has 2 N–H and O–H groups in total. The number of alkyl carbamates (subject to hydrolysis) is 1. The molecule has 20 heavy (non-hydrogen) atoms. The molecular weight excluding hydrogens is 256 g/mol. The third-order valence-electron chi connectivity index (χ3n) is 2.96. The average Bonchev–Trinajstić information content (AvgIpc) is 2.38. The fraction of sp³-hybridized carbons (Fsp3) is 0.467. The van der Waals surface area contributed by atoms with Gasteiger partial charge >= 0.3 is 6.09 Å². The molecule has 1 aromatic carbocycles. The van der Waals surface area contributed by atoms with Gasteiger partial charge in [0, 0.05) is 5.56 Å². The highest BCUT2D eigenvalue weighted by Crippen LogP contribution is 2.01. The van der Waals surface area contributed by atoms with Crippen LogP contribution in [0, 0.1) is 6.92 Å². The summed E-state index contributed by atoms with van der Waals surface area (Å²) < 4.78 is 4.68. The van der Waals surface area contributed by atoms with Crippen molar-refractivity contribution in [2.75, 3.05) is 19.7 Å². The van der Waals surface area contributed by atoms with Crippen molar-refractivity contribution in [1.29, 1.82) is 0 Å². The first-order valence-corrected chi connectivity index (χ1v) is 6.90. The van der Waals surface area contributed by atoms with Crippen molar-refractivity contribution in [3.63, 3.8) is 0 Å². The summed E-state index contributed by atoms with van der Waals surface area (Å²) in [5.41, 5.74) is 2.39. The highest BCUT2D eigenvalue weighted by atomic mass is 16.5. The molecule has 0 aliphatic heterocycles. The van der Waals surface area contributed by atoms with Crippen molar-refractivity contribution in [2.24, 2.45) is 0 Å². The lowest BCUT2D eigenvalue weighted by Crippen LogP contribution is -3.11. The standard InChI is InChI=1S/C15H22N2O3/c1-4-17(10-13-8-6-7-12(3)9-13)11-14(18)16-15(19)20-5-2/h6-9H,4-5,10-11H2,1-3H3,(H,16,18,19)/p+1. The van der Waals surface area contributed by atoms with Crippen LogP contribution in [0.5, 0.6) is 0 Å². The molecule has 1 atom stereocenters. The summed E-state index contributed by atoms with van der Waals surface area (Å²) in [6.07, 6.45) is -0.677. The number of quaternary nitrogens is 1. The van der Waals surface area contributed by atoms with E-state index >= 15 is 0 Å². The maximum atomic E-state index is 11.7. The predicted molar refractivity (Wildman–Crippen MR) is 76.4 cm³/mol. The van der Waals surface area contributed by atoms with E-state index in [-0.39, 0.29) is 19.1 Å². The van der Waals surface area contributed by atoms with Crippen LogP contribution >= 0.6 is 0 Å². The minimum absolute atomic E-state index is 0.253. The molecule has 0 bridgehead atoms. The highest BCUT2D eigenvalue weighted by Gasteiger charge is 2.15. The van der Waals surface area contributed by atoms with Crippen LogP contribution < -0.4 is 10.2 Å². The Morgan fingerprint density at radius 2 is 2.05 bits per heavy atom. The van der Waals surface area contributed by atoms with E-state index in [4.69, 9.17) is 0 Å². The lowest BCUT2D eigenvalue weighted by atomic mass is 10.1. The lowest BCUT2D eigenvalue weighted by molar-refractivity contribution is -0.904. The first kappa shape index (κ1) is 16.2. The van der Waals surface area contributed by atoms with Gasteiger partial charge < -0.3 is 9.64 Å². The van der Waals surface area contributed by atoms with Crippen molar-refractivity contribution >= 4 is 12.0 Å². The van der Waals surface area contributed by atoms with E-state index in [9.17, 15) is 9.59 Å². The molecule has 0 aromatic heterocycles. The molecule has 0 spiro atoms. The summed E-state index contributed by atoms with van der Waals surface area (Å²) in [7, 11) is 0. The van der Waals surface area contributed by atoms with E-state index in [1.165, 1.54) is 11.1 Å². The molecular formula is C15H23N2O3+. The molecule has 0 saturated carbocycles. The van der Waals surface area contributed by atoms with E-state index in [1.54, 1.807) is 6.92 Å². The number of aryl methyl sites for hydroxylation is 1. The third kappa shape index (κ3) is 5.84. The number of benzene rings is 1. The molecule has 0 radical (unpaired) electrons.